The van der Waals surface area contributed by atoms with Crippen LogP contribution >= 0.6 is 0 Å². The molecule has 5 rings (SSSR count). The van der Waals surface area contributed by atoms with E-state index in [4.69, 9.17) is 0 Å². The molecule has 0 spiro atoms. The van der Waals surface area contributed by atoms with E-state index in [1.165, 1.54) is 11.1 Å². The highest BCUT2D eigenvalue weighted by atomic mass is 16.2. The lowest BCUT2D eigenvalue weighted by atomic mass is 9.90. The van der Waals surface area contributed by atoms with Gasteiger partial charge in [-0.1, -0.05) is 72.3 Å². The predicted octanol–water partition coefficient (Wildman–Crippen LogP) is 4.23. The van der Waals surface area contributed by atoms with Crippen molar-refractivity contribution >= 4 is 34.2 Å². The molecule has 0 radical (unpaired) electrons. The Bertz CT molecular complexity index is 1330. The number of nitrogens with zero attached hydrogens (tertiary/aromatic N) is 2. The summed E-state index contributed by atoms with van der Waals surface area (Å²) in [5.41, 5.74) is 3.08. The molecule has 34 heavy (non-hydrogen) atoms. The fraction of sp³-hybridized carbons (Fsp3) is 0.250. The molecule has 1 unspecified atom stereocenters. The molecule has 6 heteroatoms. The first-order chi connectivity index (χ1) is 16.3. The average Bonchev–Trinajstić information content (AvgIpc) is 3.08. The Labute approximate surface area is 198 Å². The van der Waals surface area contributed by atoms with Crippen molar-refractivity contribution in [1.29, 1.82) is 0 Å². The Morgan fingerprint density at radius 1 is 1.00 bits per heavy atom. The highest BCUT2D eigenvalue weighted by Crippen LogP contribution is 2.31. The van der Waals surface area contributed by atoms with Crippen LogP contribution in [-0.4, -0.2) is 47.3 Å². The molecule has 2 aliphatic heterocycles. The number of aryl methyl sites for hydroxylation is 1. The summed E-state index contributed by atoms with van der Waals surface area (Å²) in [5.74, 6) is -0.639. The summed E-state index contributed by atoms with van der Waals surface area (Å²) in [6, 6.07) is 21.4. The molecule has 0 bridgehead atoms. The van der Waals surface area contributed by atoms with Crippen LogP contribution in [0.1, 0.15) is 30.0 Å². The van der Waals surface area contributed by atoms with Gasteiger partial charge < -0.3 is 10.2 Å². The zero-order valence-corrected chi connectivity index (χ0v) is 19.4. The highest BCUT2D eigenvalue weighted by Gasteiger charge is 2.49. The third-order valence-corrected chi connectivity index (χ3v) is 6.88. The van der Waals surface area contributed by atoms with Gasteiger partial charge in [0, 0.05) is 13.1 Å². The van der Waals surface area contributed by atoms with Crippen molar-refractivity contribution in [3.63, 3.8) is 0 Å². The van der Waals surface area contributed by atoms with Crippen molar-refractivity contribution < 1.29 is 14.4 Å². The SMILES string of the molecule is Cc1ccc(C2=CCN(C(=O)CN3C(=O)NC(C)(c4ccc5ccccc5c4)C3=O)CC2)cc1. The maximum absolute atomic E-state index is 13.3. The van der Waals surface area contributed by atoms with E-state index in [0.717, 1.165) is 27.7 Å². The monoisotopic (exact) mass is 453 g/mol. The van der Waals surface area contributed by atoms with E-state index in [0.29, 0.717) is 18.7 Å². The molecule has 0 aliphatic carbocycles. The van der Waals surface area contributed by atoms with Gasteiger partial charge in [-0.15, -0.1) is 0 Å². The Balaban J connectivity index is 1.29. The van der Waals surface area contributed by atoms with Crippen LogP contribution in [-0.2, 0) is 15.1 Å². The Morgan fingerprint density at radius 3 is 2.44 bits per heavy atom. The fourth-order valence-electron chi connectivity index (χ4n) is 4.70. The zero-order valence-electron chi connectivity index (χ0n) is 19.4. The molecular formula is C28H27N3O3. The van der Waals surface area contributed by atoms with Crippen LogP contribution in [0.25, 0.3) is 16.3 Å². The second-order valence-corrected chi connectivity index (χ2v) is 9.19. The van der Waals surface area contributed by atoms with Gasteiger partial charge in [0.1, 0.15) is 12.1 Å². The number of amides is 4. The summed E-state index contributed by atoms with van der Waals surface area (Å²) < 4.78 is 0. The van der Waals surface area contributed by atoms with E-state index in [-0.39, 0.29) is 12.5 Å². The largest absolute Gasteiger partial charge is 0.337 e. The van der Waals surface area contributed by atoms with E-state index < -0.39 is 17.5 Å². The summed E-state index contributed by atoms with van der Waals surface area (Å²) in [5, 5.41) is 4.85. The molecule has 1 saturated heterocycles. The van der Waals surface area contributed by atoms with Gasteiger partial charge in [0.25, 0.3) is 5.91 Å². The standard InChI is InChI=1S/C28H27N3O3/c1-19-7-9-21(10-8-19)22-13-15-30(16-14-22)25(32)18-31-26(33)28(2,29-27(31)34)24-12-11-20-5-3-4-6-23(20)17-24/h3-13,17H,14-16,18H2,1-2H3,(H,29,34). The van der Waals surface area contributed by atoms with Gasteiger partial charge in [-0.25, -0.2) is 4.79 Å². The minimum atomic E-state index is -1.21. The molecule has 1 atom stereocenters. The van der Waals surface area contributed by atoms with E-state index in [1.54, 1.807) is 11.8 Å². The third kappa shape index (κ3) is 3.85. The zero-order chi connectivity index (χ0) is 23.9. The van der Waals surface area contributed by atoms with Crippen LogP contribution in [0.5, 0.6) is 0 Å². The van der Waals surface area contributed by atoms with Gasteiger partial charge in [-0.2, -0.15) is 0 Å². The van der Waals surface area contributed by atoms with Crippen LogP contribution in [0.4, 0.5) is 4.79 Å². The topological polar surface area (TPSA) is 69.7 Å². The van der Waals surface area contributed by atoms with Gasteiger partial charge >= 0.3 is 6.03 Å². The number of benzene rings is 3. The lowest BCUT2D eigenvalue weighted by Gasteiger charge is -2.28. The normalized spacial score (nSPS) is 20.5. The first-order valence-corrected chi connectivity index (χ1v) is 11.5. The Hall–Kier alpha value is -3.93. The molecule has 3 aromatic carbocycles. The number of hydrogen-bond acceptors (Lipinski definition) is 3. The van der Waals surface area contributed by atoms with Crippen LogP contribution in [0.3, 0.4) is 0 Å². The molecule has 3 aromatic rings. The van der Waals surface area contributed by atoms with Crippen LogP contribution in [0.15, 0.2) is 72.8 Å². The van der Waals surface area contributed by atoms with Crippen molar-refractivity contribution in [3.05, 3.63) is 89.5 Å². The van der Waals surface area contributed by atoms with Gasteiger partial charge in [-0.3, -0.25) is 14.5 Å². The molecule has 172 valence electrons. The highest BCUT2D eigenvalue weighted by molar-refractivity contribution is 6.09. The number of carbonyl (C=O) groups is 3. The van der Waals surface area contributed by atoms with E-state index in [2.05, 4.69) is 42.6 Å². The molecule has 0 saturated carbocycles. The number of rotatable bonds is 4. The van der Waals surface area contributed by atoms with Gasteiger partial charge in [0.05, 0.1) is 0 Å². The number of fused-ring (bicyclic) bond motifs is 1. The Kier molecular flexibility index (Phi) is 5.44. The summed E-state index contributed by atoms with van der Waals surface area (Å²) in [6.07, 6.45) is 2.79. The lowest BCUT2D eigenvalue weighted by molar-refractivity contribution is -0.138. The molecule has 2 aliphatic rings. The maximum atomic E-state index is 13.3. The molecule has 4 amide bonds. The van der Waals surface area contributed by atoms with Crippen LogP contribution in [0, 0.1) is 6.92 Å². The van der Waals surface area contributed by atoms with Crippen LogP contribution in [0.2, 0.25) is 0 Å². The van der Waals surface area contributed by atoms with Crippen molar-refractivity contribution in [1.82, 2.24) is 15.1 Å². The first kappa shape index (κ1) is 21.9. The molecule has 2 heterocycles. The van der Waals surface area contributed by atoms with Gasteiger partial charge in [0.2, 0.25) is 5.91 Å². The molecule has 1 fully saturated rings. The number of hydrogen-bond donors (Lipinski definition) is 1. The summed E-state index contributed by atoms with van der Waals surface area (Å²) in [7, 11) is 0. The van der Waals surface area contributed by atoms with Crippen LogP contribution < -0.4 is 5.32 Å². The quantitative estimate of drug-likeness (QED) is 0.601. The minimum absolute atomic E-state index is 0.231. The Morgan fingerprint density at radius 2 is 1.74 bits per heavy atom. The molecule has 1 N–H and O–H groups in total. The summed E-state index contributed by atoms with van der Waals surface area (Å²) >= 11 is 0. The second-order valence-electron chi connectivity index (χ2n) is 9.19. The van der Waals surface area contributed by atoms with Gasteiger partial charge in [-0.05, 0) is 53.8 Å². The second kappa shape index (κ2) is 8.45. The van der Waals surface area contributed by atoms with E-state index in [9.17, 15) is 14.4 Å². The number of imide groups is 1. The van der Waals surface area contributed by atoms with Gasteiger partial charge in [0.15, 0.2) is 0 Å². The van der Waals surface area contributed by atoms with Crippen molar-refractivity contribution in [2.75, 3.05) is 19.6 Å². The number of urea groups is 1. The third-order valence-electron chi connectivity index (χ3n) is 6.88. The first-order valence-electron chi connectivity index (χ1n) is 11.5. The van der Waals surface area contributed by atoms with E-state index >= 15 is 0 Å². The molecule has 0 aromatic heterocycles. The number of nitrogens with one attached hydrogen (secondary N) is 1. The predicted molar refractivity (Wildman–Crippen MR) is 132 cm³/mol. The lowest BCUT2D eigenvalue weighted by Crippen LogP contribution is -2.45. The van der Waals surface area contributed by atoms with E-state index in [1.807, 2.05) is 42.5 Å². The maximum Gasteiger partial charge on any atom is 0.325 e. The summed E-state index contributed by atoms with van der Waals surface area (Å²) in [6.45, 7) is 4.51. The number of carbonyl (C=O) groups excluding carboxylic acids is 3. The van der Waals surface area contributed by atoms with Crippen molar-refractivity contribution in [3.8, 4) is 0 Å². The molecular weight excluding hydrogens is 426 g/mol. The van der Waals surface area contributed by atoms with Crippen molar-refractivity contribution in [2.45, 2.75) is 25.8 Å². The fourth-order valence-corrected chi connectivity index (χ4v) is 4.70. The minimum Gasteiger partial charge on any atom is -0.337 e. The summed E-state index contributed by atoms with van der Waals surface area (Å²) in [4.78, 5) is 41.8. The smallest absolute Gasteiger partial charge is 0.325 e. The average molecular weight is 454 g/mol. The van der Waals surface area contributed by atoms with Crippen molar-refractivity contribution in [2.24, 2.45) is 0 Å². The molecule has 6 nitrogen and oxygen atoms in total.